The molecule has 0 radical (unpaired) electrons. The minimum Gasteiger partial charge on any atom is -0.366 e. The second-order valence-corrected chi connectivity index (χ2v) is 7.21. The topological polar surface area (TPSA) is 82.2 Å². The van der Waals surface area contributed by atoms with Crippen molar-refractivity contribution in [1.29, 1.82) is 0 Å². The number of nitrogens with two attached hydrogens (primary N) is 1. The van der Waals surface area contributed by atoms with Crippen LogP contribution in [0.2, 0.25) is 0 Å². The van der Waals surface area contributed by atoms with Crippen molar-refractivity contribution >= 4 is 26.8 Å². The van der Waals surface area contributed by atoms with Gasteiger partial charge in [-0.25, -0.2) is 12.4 Å². The zero-order valence-electron chi connectivity index (χ0n) is 12.8. The van der Waals surface area contributed by atoms with Crippen LogP contribution in [0.1, 0.15) is 21.6 Å². The molecule has 0 unspecified atom stereocenters. The summed E-state index contributed by atoms with van der Waals surface area (Å²) in [6, 6.07) is 13.4. The molecule has 118 valence electrons. The molecule has 1 amide bonds. The Labute approximate surface area is 134 Å². The second-order valence-electron chi connectivity index (χ2n) is 5.42. The van der Waals surface area contributed by atoms with E-state index in [1.165, 1.54) is 3.97 Å². The van der Waals surface area contributed by atoms with Crippen molar-refractivity contribution in [2.24, 2.45) is 5.73 Å². The van der Waals surface area contributed by atoms with Gasteiger partial charge < -0.3 is 5.73 Å². The minimum atomic E-state index is -3.82. The highest BCUT2D eigenvalue weighted by Crippen LogP contribution is 2.29. The van der Waals surface area contributed by atoms with Crippen molar-refractivity contribution in [2.75, 3.05) is 0 Å². The van der Waals surface area contributed by atoms with Gasteiger partial charge in [0, 0.05) is 11.1 Å². The number of rotatable bonds is 3. The van der Waals surface area contributed by atoms with Gasteiger partial charge in [0.15, 0.2) is 0 Å². The van der Waals surface area contributed by atoms with Gasteiger partial charge in [0.2, 0.25) is 0 Å². The lowest BCUT2D eigenvalue weighted by Crippen LogP contribution is -2.17. The lowest BCUT2D eigenvalue weighted by molar-refractivity contribution is 0.100. The Bertz CT molecular complexity index is 1020. The van der Waals surface area contributed by atoms with Crippen LogP contribution in [0.3, 0.4) is 0 Å². The van der Waals surface area contributed by atoms with Gasteiger partial charge in [0.05, 0.1) is 16.0 Å². The van der Waals surface area contributed by atoms with E-state index in [4.69, 9.17) is 5.73 Å². The molecule has 0 saturated carbocycles. The lowest BCUT2D eigenvalue weighted by Gasteiger charge is -2.10. The second kappa shape index (κ2) is 5.24. The third-order valence-corrected chi connectivity index (χ3v) is 5.68. The minimum absolute atomic E-state index is 0.169. The Morgan fingerprint density at radius 2 is 1.61 bits per heavy atom. The van der Waals surface area contributed by atoms with E-state index >= 15 is 0 Å². The number of hydrogen-bond acceptors (Lipinski definition) is 3. The van der Waals surface area contributed by atoms with Crippen LogP contribution in [0.25, 0.3) is 10.9 Å². The monoisotopic (exact) mass is 328 g/mol. The third kappa shape index (κ3) is 2.31. The van der Waals surface area contributed by atoms with E-state index < -0.39 is 15.9 Å². The van der Waals surface area contributed by atoms with E-state index in [0.29, 0.717) is 16.6 Å². The number of primary amides is 1. The zero-order chi connectivity index (χ0) is 16.8. The Kier molecular flexibility index (Phi) is 3.49. The predicted molar refractivity (Wildman–Crippen MR) is 89.0 cm³/mol. The molecule has 2 aromatic carbocycles. The predicted octanol–water partition coefficient (Wildman–Crippen LogP) is 2.59. The SMILES string of the molecule is Cc1ccc(S(=O)(=O)n2c(C)c(C(N)=O)c3ccccc32)cc1. The molecule has 1 aromatic heterocycles. The quantitative estimate of drug-likeness (QED) is 0.802. The van der Waals surface area contributed by atoms with Gasteiger partial charge >= 0.3 is 0 Å². The Morgan fingerprint density at radius 1 is 1.00 bits per heavy atom. The molecule has 2 N–H and O–H groups in total. The van der Waals surface area contributed by atoms with Crippen molar-refractivity contribution in [3.05, 3.63) is 65.4 Å². The summed E-state index contributed by atoms with van der Waals surface area (Å²) in [4.78, 5) is 11.9. The molecule has 0 saturated heterocycles. The first-order valence-electron chi connectivity index (χ1n) is 7.06. The highest BCUT2D eigenvalue weighted by Gasteiger charge is 2.26. The molecule has 0 atom stereocenters. The van der Waals surface area contributed by atoms with Crippen LogP contribution < -0.4 is 5.73 Å². The molecule has 5 nitrogen and oxygen atoms in total. The van der Waals surface area contributed by atoms with Crippen LogP contribution in [0.15, 0.2) is 53.4 Å². The molecular weight excluding hydrogens is 312 g/mol. The van der Waals surface area contributed by atoms with Gasteiger partial charge in [-0.2, -0.15) is 0 Å². The molecule has 3 aromatic rings. The molecule has 3 rings (SSSR count). The van der Waals surface area contributed by atoms with Gasteiger partial charge in [-0.1, -0.05) is 35.9 Å². The fourth-order valence-electron chi connectivity index (χ4n) is 2.78. The first kappa shape index (κ1) is 15.3. The fraction of sp³-hybridized carbons (Fsp3) is 0.118. The van der Waals surface area contributed by atoms with E-state index in [1.54, 1.807) is 55.5 Å². The van der Waals surface area contributed by atoms with Crippen molar-refractivity contribution in [2.45, 2.75) is 18.7 Å². The molecule has 0 spiro atoms. The van der Waals surface area contributed by atoms with Crippen LogP contribution in [-0.4, -0.2) is 18.3 Å². The van der Waals surface area contributed by atoms with Crippen LogP contribution in [0, 0.1) is 13.8 Å². The lowest BCUT2D eigenvalue weighted by atomic mass is 10.1. The summed E-state index contributed by atoms with van der Waals surface area (Å²) in [5.74, 6) is -0.642. The van der Waals surface area contributed by atoms with Gasteiger partial charge in [0.25, 0.3) is 15.9 Å². The van der Waals surface area contributed by atoms with Gasteiger partial charge in [-0.3, -0.25) is 4.79 Å². The van der Waals surface area contributed by atoms with Crippen molar-refractivity contribution in [3.8, 4) is 0 Å². The van der Waals surface area contributed by atoms with Crippen LogP contribution in [0.4, 0.5) is 0 Å². The summed E-state index contributed by atoms with van der Waals surface area (Å²) < 4.78 is 27.2. The first-order chi connectivity index (χ1) is 10.8. The number of amides is 1. The zero-order valence-corrected chi connectivity index (χ0v) is 13.6. The molecule has 0 bridgehead atoms. The van der Waals surface area contributed by atoms with Gasteiger partial charge in [-0.05, 0) is 32.0 Å². The Balaban J connectivity index is 2.38. The maximum atomic E-state index is 13.0. The number of carbonyl (C=O) groups is 1. The van der Waals surface area contributed by atoms with Crippen molar-refractivity contribution < 1.29 is 13.2 Å². The fourth-order valence-corrected chi connectivity index (χ4v) is 4.34. The van der Waals surface area contributed by atoms with Crippen molar-refractivity contribution in [3.63, 3.8) is 0 Å². The normalized spacial score (nSPS) is 11.7. The van der Waals surface area contributed by atoms with Gasteiger partial charge in [0.1, 0.15) is 0 Å². The van der Waals surface area contributed by atoms with Crippen LogP contribution >= 0.6 is 0 Å². The molecule has 1 heterocycles. The molecule has 0 aliphatic heterocycles. The molecule has 0 fully saturated rings. The number of para-hydroxylation sites is 1. The summed E-state index contributed by atoms with van der Waals surface area (Å²) in [5.41, 5.74) is 7.41. The third-order valence-electron chi connectivity index (χ3n) is 3.86. The number of benzene rings is 2. The molecule has 0 aliphatic rings. The summed E-state index contributed by atoms with van der Waals surface area (Å²) >= 11 is 0. The first-order valence-corrected chi connectivity index (χ1v) is 8.50. The largest absolute Gasteiger partial charge is 0.366 e. The highest BCUT2D eigenvalue weighted by atomic mass is 32.2. The summed E-state index contributed by atoms with van der Waals surface area (Å²) in [5, 5.41) is 0.535. The number of carbonyl (C=O) groups excluding carboxylic acids is 1. The smallest absolute Gasteiger partial charge is 0.268 e. The standard InChI is InChI=1S/C17H16N2O3S/c1-11-7-9-13(10-8-11)23(21,22)19-12(2)16(17(18)20)14-5-3-4-6-15(14)19/h3-10H,1-2H3,(H2,18,20). The van der Waals surface area contributed by atoms with Crippen LogP contribution in [0.5, 0.6) is 0 Å². The highest BCUT2D eigenvalue weighted by molar-refractivity contribution is 7.90. The number of aromatic nitrogens is 1. The molecule has 23 heavy (non-hydrogen) atoms. The molecule has 0 aliphatic carbocycles. The van der Waals surface area contributed by atoms with Crippen molar-refractivity contribution in [1.82, 2.24) is 3.97 Å². The Hall–Kier alpha value is -2.60. The summed E-state index contributed by atoms with van der Waals surface area (Å²) in [7, 11) is -3.82. The van der Waals surface area contributed by atoms with Crippen LogP contribution in [-0.2, 0) is 10.0 Å². The van der Waals surface area contributed by atoms with E-state index in [2.05, 4.69) is 0 Å². The number of aryl methyl sites for hydroxylation is 1. The molecular formula is C17H16N2O3S. The van der Waals surface area contributed by atoms with E-state index in [0.717, 1.165) is 5.56 Å². The number of hydrogen-bond donors (Lipinski definition) is 1. The maximum Gasteiger partial charge on any atom is 0.268 e. The summed E-state index contributed by atoms with van der Waals surface area (Å²) in [6.45, 7) is 3.48. The Morgan fingerprint density at radius 3 is 2.22 bits per heavy atom. The number of nitrogens with zero attached hydrogens (tertiary/aromatic N) is 1. The molecule has 6 heteroatoms. The average Bonchev–Trinajstić information content (AvgIpc) is 2.80. The van der Waals surface area contributed by atoms with Gasteiger partial charge in [-0.15, -0.1) is 0 Å². The van der Waals surface area contributed by atoms with E-state index in [9.17, 15) is 13.2 Å². The summed E-state index contributed by atoms with van der Waals surface area (Å²) in [6.07, 6.45) is 0. The van der Waals surface area contributed by atoms with E-state index in [1.807, 2.05) is 6.92 Å². The maximum absolute atomic E-state index is 13.0. The number of fused-ring (bicyclic) bond motifs is 1. The van der Waals surface area contributed by atoms with E-state index in [-0.39, 0.29) is 10.5 Å². The average molecular weight is 328 g/mol.